The van der Waals surface area contributed by atoms with Crippen LogP contribution in [-0.2, 0) is 20.7 Å². The van der Waals surface area contributed by atoms with Crippen LogP contribution in [0.25, 0.3) is 0 Å². The molecule has 0 bridgehead atoms. The van der Waals surface area contributed by atoms with Crippen molar-refractivity contribution in [2.24, 2.45) is 0 Å². The van der Waals surface area contributed by atoms with Crippen LogP contribution in [0.15, 0.2) is 30.3 Å². The highest BCUT2D eigenvalue weighted by molar-refractivity contribution is 5.77. The molecule has 0 fully saturated rings. The number of rotatable bonds is 17. The van der Waals surface area contributed by atoms with Crippen LogP contribution in [-0.4, -0.2) is 61.8 Å². The molecule has 0 saturated carbocycles. The van der Waals surface area contributed by atoms with Crippen LogP contribution in [0.5, 0.6) is 0 Å². The van der Waals surface area contributed by atoms with Gasteiger partial charge in [0.15, 0.2) is 0 Å². The summed E-state index contributed by atoms with van der Waals surface area (Å²) in [5, 5.41) is 11.8. The Morgan fingerprint density at radius 3 is 2.31 bits per heavy atom. The molecule has 164 valence electrons. The van der Waals surface area contributed by atoms with Crippen molar-refractivity contribution in [3.8, 4) is 0 Å². The van der Waals surface area contributed by atoms with E-state index in [-0.39, 0.29) is 18.4 Å². The molecule has 1 amide bonds. The van der Waals surface area contributed by atoms with E-state index in [1.54, 1.807) is 0 Å². The fourth-order valence-electron chi connectivity index (χ4n) is 3.25. The summed E-state index contributed by atoms with van der Waals surface area (Å²) in [5.41, 5.74) is 1.31. The molecule has 1 rings (SSSR count). The number of hydrogen-bond acceptors (Lipinski definition) is 4. The number of aliphatic carboxylic acids is 1. The van der Waals surface area contributed by atoms with Gasteiger partial charge in [-0.25, -0.2) is 0 Å². The lowest BCUT2D eigenvalue weighted by atomic mass is 10.1. The number of unbranched alkanes of at least 4 members (excludes halogenated alkanes) is 5. The second kappa shape index (κ2) is 15.9. The van der Waals surface area contributed by atoms with E-state index in [4.69, 9.17) is 9.84 Å². The molecule has 1 unspecified atom stereocenters. The summed E-state index contributed by atoms with van der Waals surface area (Å²) < 4.78 is 5.69. The number of carbonyl (C=O) groups excluding carboxylic acids is 1. The van der Waals surface area contributed by atoms with E-state index in [0.29, 0.717) is 13.0 Å². The largest absolute Gasteiger partial charge is 0.481 e. The maximum absolute atomic E-state index is 12.0. The molecule has 1 aromatic rings. The molecule has 0 aliphatic carbocycles. The van der Waals surface area contributed by atoms with Crippen LogP contribution in [0, 0.1) is 0 Å². The third-order valence-electron chi connectivity index (χ3n) is 4.69. The Hall–Kier alpha value is -1.92. The second-order valence-electron chi connectivity index (χ2n) is 7.84. The van der Waals surface area contributed by atoms with E-state index in [1.165, 1.54) is 5.56 Å². The predicted octanol–water partition coefficient (Wildman–Crippen LogP) is 3.50. The van der Waals surface area contributed by atoms with Gasteiger partial charge >= 0.3 is 5.97 Å². The number of hydrogen-bond donors (Lipinski definition) is 2. The van der Waals surface area contributed by atoms with Crippen LogP contribution in [0.3, 0.4) is 0 Å². The van der Waals surface area contributed by atoms with Crippen molar-refractivity contribution in [3.05, 3.63) is 35.9 Å². The summed E-state index contributed by atoms with van der Waals surface area (Å²) in [4.78, 5) is 24.8. The van der Waals surface area contributed by atoms with Gasteiger partial charge in [-0.3, -0.25) is 9.59 Å². The lowest BCUT2D eigenvalue weighted by molar-refractivity contribution is -0.137. The summed E-state index contributed by atoms with van der Waals surface area (Å²) >= 11 is 0. The minimum absolute atomic E-state index is 0.0443. The first-order valence-electron chi connectivity index (χ1n) is 10.7. The van der Waals surface area contributed by atoms with Crippen LogP contribution in [0.2, 0.25) is 0 Å². The van der Waals surface area contributed by atoms with E-state index in [1.807, 2.05) is 25.1 Å². The van der Waals surface area contributed by atoms with Gasteiger partial charge in [-0.2, -0.15) is 0 Å². The molecule has 0 spiro atoms. The molecule has 6 heteroatoms. The van der Waals surface area contributed by atoms with Crippen molar-refractivity contribution in [1.82, 2.24) is 10.2 Å². The Labute approximate surface area is 175 Å². The van der Waals surface area contributed by atoms with Gasteiger partial charge in [-0.05, 0) is 38.9 Å². The zero-order valence-electron chi connectivity index (χ0n) is 18.1. The number of nitrogens with one attached hydrogen (secondary N) is 1. The average Bonchev–Trinajstić information content (AvgIpc) is 2.65. The Morgan fingerprint density at radius 2 is 1.66 bits per heavy atom. The zero-order chi connectivity index (χ0) is 21.3. The third-order valence-corrected chi connectivity index (χ3v) is 4.69. The molecule has 0 radical (unpaired) electrons. The summed E-state index contributed by atoms with van der Waals surface area (Å²) in [6.07, 6.45) is 7.77. The number of carbonyl (C=O) groups is 2. The number of amides is 1. The smallest absolute Gasteiger partial charge is 0.305 e. The SMILES string of the molecule is CN(C)CC(CC(=O)O)NC(=O)CCCCCCCCOCCc1ccccc1. The van der Waals surface area contributed by atoms with Gasteiger partial charge in [0.1, 0.15) is 0 Å². The van der Waals surface area contributed by atoms with E-state index in [9.17, 15) is 9.59 Å². The summed E-state index contributed by atoms with van der Waals surface area (Å²) in [5.74, 6) is -0.939. The molecular formula is C23H38N2O4. The van der Waals surface area contributed by atoms with Crippen molar-refractivity contribution in [1.29, 1.82) is 0 Å². The van der Waals surface area contributed by atoms with Crippen molar-refractivity contribution in [2.75, 3.05) is 33.9 Å². The molecule has 1 aromatic carbocycles. The van der Waals surface area contributed by atoms with Gasteiger partial charge in [0.05, 0.1) is 19.1 Å². The van der Waals surface area contributed by atoms with E-state index < -0.39 is 5.97 Å². The third kappa shape index (κ3) is 14.7. The second-order valence-corrected chi connectivity index (χ2v) is 7.84. The van der Waals surface area contributed by atoms with Crippen LogP contribution in [0.4, 0.5) is 0 Å². The fourth-order valence-corrected chi connectivity index (χ4v) is 3.25. The molecule has 0 aliphatic rings. The lowest BCUT2D eigenvalue weighted by Crippen LogP contribution is -2.42. The molecular weight excluding hydrogens is 368 g/mol. The van der Waals surface area contributed by atoms with Gasteiger partial charge in [0, 0.05) is 19.6 Å². The molecule has 0 aromatic heterocycles. The van der Waals surface area contributed by atoms with Gasteiger partial charge in [-0.15, -0.1) is 0 Å². The normalized spacial score (nSPS) is 12.1. The number of carboxylic acids is 1. The Kier molecular flexibility index (Phi) is 13.8. The summed E-state index contributed by atoms with van der Waals surface area (Å²) in [6, 6.07) is 10.0. The highest BCUT2D eigenvalue weighted by Crippen LogP contribution is 2.08. The van der Waals surface area contributed by atoms with Gasteiger partial charge in [0.25, 0.3) is 0 Å². The highest BCUT2D eigenvalue weighted by atomic mass is 16.5. The number of benzene rings is 1. The maximum Gasteiger partial charge on any atom is 0.305 e. The van der Waals surface area contributed by atoms with E-state index in [2.05, 4.69) is 29.6 Å². The maximum atomic E-state index is 12.0. The summed E-state index contributed by atoms with van der Waals surface area (Å²) in [7, 11) is 3.74. The van der Waals surface area contributed by atoms with Gasteiger partial charge < -0.3 is 20.1 Å². The zero-order valence-corrected chi connectivity index (χ0v) is 18.1. The Balaban J connectivity index is 1.95. The van der Waals surface area contributed by atoms with Crippen molar-refractivity contribution in [3.63, 3.8) is 0 Å². The van der Waals surface area contributed by atoms with E-state index >= 15 is 0 Å². The first-order chi connectivity index (χ1) is 14.0. The molecule has 29 heavy (non-hydrogen) atoms. The Morgan fingerprint density at radius 1 is 1.00 bits per heavy atom. The predicted molar refractivity (Wildman–Crippen MR) is 116 cm³/mol. The van der Waals surface area contributed by atoms with E-state index in [0.717, 1.165) is 58.2 Å². The quantitative estimate of drug-likeness (QED) is 0.387. The van der Waals surface area contributed by atoms with Crippen molar-refractivity contribution >= 4 is 11.9 Å². The minimum Gasteiger partial charge on any atom is -0.481 e. The fraction of sp³-hybridized carbons (Fsp3) is 0.652. The van der Waals surface area contributed by atoms with Gasteiger partial charge in [0.2, 0.25) is 5.91 Å². The number of carboxylic acid groups (broad SMARTS) is 1. The Bertz CT molecular complexity index is 563. The molecule has 0 heterocycles. The molecule has 0 aliphatic heterocycles. The van der Waals surface area contributed by atoms with Gasteiger partial charge in [-0.1, -0.05) is 56.0 Å². The molecule has 2 N–H and O–H groups in total. The minimum atomic E-state index is -0.888. The van der Waals surface area contributed by atoms with Crippen LogP contribution >= 0.6 is 0 Å². The molecule has 6 nitrogen and oxygen atoms in total. The topological polar surface area (TPSA) is 78.9 Å². The first-order valence-corrected chi connectivity index (χ1v) is 10.7. The molecule has 1 atom stereocenters. The van der Waals surface area contributed by atoms with Crippen molar-refractivity contribution in [2.45, 2.75) is 63.8 Å². The van der Waals surface area contributed by atoms with Crippen molar-refractivity contribution < 1.29 is 19.4 Å². The number of likely N-dealkylation sites (N-methyl/N-ethyl adjacent to an activating group) is 1. The lowest BCUT2D eigenvalue weighted by Gasteiger charge is -2.20. The summed E-state index contributed by atoms with van der Waals surface area (Å²) in [6.45, 7) is 2.12. The standard InChI is InChI=1S/C23H38N2O4/c1-25(2)19-21(18-23(27)28)24-22(26)14-10-5-3-4-6-11-16-29-17-15-20-12-8-7-9-13-20/h7-9,12-13,21H,3-6,10-11,14-19H2,1-2H3,(H,24,26)(H,27,28). The van der Waals surface area contributed by atoms with Crippen LogP contribution < -0.4 is 5.32 Å². The average molecular weight is 407 g/mol. The first kappa shape index (κ1) is 25.1. The highest BCUT2D eigenvalue weighted by Gasteiger charge is 2.16. The number of nitrogens with zero attached hydrogens (tertiary/aromatic N) is 1. The number of ether oxygens (including phenoxy) is 1. The van der Waals surface area contributed by atoms with Crippen LogP contribution in [0.1, 0.15) is 56.9 Å². The molecule has 0 saturated heterocycles. The monoisotopic (exact) mass is 406 g/mol.